The van der Waals surface area contributed by atoms with Gasteiger partial charge in [-0.25, -0.2) is 9.97 Å². The minimum absolute atomic E-state index is 0.668. The van der Waals surface area contributed by atoms with Gasteiger partial charge in [0.25, 0.3) is 0 Å². The van der Waals surface area contributed by atoms with Crippen LogP contribution < -0.4 is 5.32 Å². The molecule has 4 aromatic rings. The van der Waals surface area contributed by atoms with Crippen LogP contribution in [0.5, 0.6) is 0 Å². The molecule has 4 heterocycles. The van der Waals surface area contributed by atoms with E-state index in [9.17, 15) is 0 Å². The van der Waals surface area contributed by atoms with Crippen molar-refractivity contribution in [1.82, 2.24) is 29.5 Å². The number of para-hydroxylation sites is 1. The molecule has 1 saturated heterocycles. The Balaban J connectivity index is 1.42. The molecule has 8 nitrogen and oxygen atoms in total. The third-order valence-corrected chi connectivity index (χ3v) is 5.16. The van der Waals surface area contributed by atoms with Crippen LogP contribution in [0.3, 0.4) is 0 Å². The van der Waals surface area contributed by atoms with Crippen LogP contribution in [0.4, 0.5) is 5.95 Å². The van der Waals surface area contributed by atoms with Crippen molar-refractivity contribution in [2.24, 2.45) is 0 Å². The van der Waals surface area contributed by atoms with E-state index in [1.165, 1.54) is 0 Å². The molecular formula is C21H23N7O. The highest BCUT2D eigenvalue weighted by molar-refractivity contribution is 5.92. The van der Waals surface area contributed by atoms with Gasteiger partial charge in [-0.2, -0.15) is 4.52 Å². The third-order valence-electron chi connectivity index (χ3n) is 5.16. The number of hydrogen-bond acceptors (Lipinski definition) is 7. The second kappa shape index (κ2) is 8.10. The highest BCUT2D eigenvalue weighted by Crippen LogP contribution is 2.23. The standard InChI is InChI=1S/C21H23N7O/c1-2-5-18-17(4-1)20-25-19(16-6-9-22-10-7-16)26-28(20)21(24-18)23-8-3-11-27-12-14-29-15-13-27/h1-2,4-7,9-10H,3,8,11-15H2,(H,23,24). The molecule has 0 atom stereocenters. The summed E-state index contributed by atoms with van der Waals surface area (Å²) in [5.41, 5.74) is 2.65. The van der Waals surface area contributed by atoms with Crippen molar-refractivity contribution < 1.29 is 4.74 Å². The number of aromatic nitrogens is 5. The first-order valence-corrected chi connectivity index (χ1v) is 9.98. The number of nitrogens with zero attached hydrogens (tertiary/aromatic N) is 6. The average Bonchev–Trinajstić information content (AvgIpc) is 3.24. The molecule has 1 fully saturated rings. The van der Waals surface area contributed by atoms with Crippen LogP contribution in [0, 0.1) is 0 Å². The van der Waals surface area contributed by atoms with Gasteiger partial charge in [-0.1, -0.05) is 12.1 Å². The van der Waals surface area contributed by atoms with Gasteiger partial charge in [-0.3, -0.25) is 9.88 Å². The molecule has 1 N–H and O–H groups in total. The molecule has 0 radical (unpaired) electrons. The maximum atomic E-state index is 5.41. The smallest absolute Gasteiger partial charge is 0.226 e. The second-order valence-electron chi connectivity index (χ2n) is 7.09. The molecule has 0 aliphatic carbocycles. The molecule has 0 spiro atoms. The zero-order valence-electron chi connectivity index (χ0n) is 16.2. The van der Waals surface area contributed by atoms with E-state index < -0.39 is 0 Å². The lowest BCUT2D eigenvalue weighted by Gasteiger charge is -2.26. The summed E-state index contributed by atoms with van der Waals surface area (Å²) in [4.78, 5) is 16.1. The van der Waals surface area contributed by atoms with E-state index in [1.807, 2.05) is 40.9 Å². The zero-order valence-corrected chi connectivity index (χ0v) is 16.2. The highest BCUT2D eigenvalue weighted by Gasteiger charge is 2.14. The first-order valence-electron chi connectivity index (χ1n) is 9.98. The van der Waals surface area contributed by atoms with E-state index in [2.05, 4.69) is 15.2 Å². The summed E-state index contributed by atoms with van der Waals surface area (Å²) in [6, 6.07) is 11.9. The molecule has 1 aliphatic rings. The normalized spacial score (nSPS) is 15.2. The van der Waals surface area contributed by atoms with Crippen LogP contribution in [-0.2, 0) is 4.74 Å². The number of fused-ring (bicyclic) bond motifs is 3. The van der Waals surface area contributed by atoms with Crippen LogP contribution in [0.25, 0.3) is 27.9 Å². The number of ether oxygens (including phenoxy) is 1. The molecule has 148 valence electrons. The predicted molar refractivity (Wildman–Crippen MR) is 112 cm³/mol. The number of morpholine rings is 1. The van der Waals surface area contributed by atoms with E-state index in [-0.39, 0.29) is 0 Å². The van der Waals surface area contributed by atoms with Gasteiger partial charge in [0.15, 0.2) is 11.5 Å². The number of nitrogens with one attached hydrogen (secondary N) is 1. The largest absolute Gasteiger partial charge is 0.379 e. The molecule has 0 bridgehead atoms. The molecule has 0 saturated carbocycles. The molecule has 8 heteroatoms. The number of rotatable bonds is 6. The van der Waals surface area contributed by atoms with Crippen LogP contribution in [0.15, 0.2) is 48.8 Å². The zero-order chi connectivity index (χ0) is 19.5. The summed E-state index contributed by atoms with van der Waals surface area (Å²) >= 11 is 0. The molecule has 0 amide bonds. The van der Waals surface area contributed by atoms with Gasteiger partial charge in [-0.05, 0) is 37.2 Å². The molecule has 1 aliphatic heterocycles. The van der Waals surface area contributed by atoms with Crippen LogP contribution in [0.2, 0.25) is 0 Å². The van der Waals surface area contributed by atoms with Crippen molar-refractivity contribution in [2.45, 2.75) is 6.42 Å². The van der Waals surface area contributed by atoms with E-state index >= 15 is 0 Å². The van der Waals surface area contributed by atoms with E-state index in [0.717, 1.165) is 67.9 Å². The molecule has 0 unspecified atom stereocenters. The first-order chi connectivity index (χ1) is 14.4. The Morgan fingerprint density at radius 3 is 2.69 bits per heavy atom. The fourth-order valence-corrected chi connectivity index (χ4v) is 3.62. The van der Waals surface area contributed by atoms with Gasteiger partial charge in [0, 0.05) is 43.0 Å². The quantitative estimate of drug-likeness (QED) is 0.508. The number of benzene rings is 1. The van der Waals surface area contributed by atoms with Crippen LogP contribution in [0.1, 0.15) is 6.42 Å². The maximum Gasteiger partial charge on any atom is 0.226 e. The van der Waals surface area contributed by atoms with Gasteiger partial charge in [0.05, 0.1) is 18.7 Å². The minimum atomic E-state index is 0.668. The maximum absolute atomic E-state index is 5.41. The Morgan fingerprint density at radius 2 is 1.83 bits per heavy atom. The summed E-state index contributed by atoms with van der Waals surface area (Å²) in [5.74, 6) is 1.38. The number of hydrogen-bond donors (Lipinski definition) is 1. The van der Waals surface area contributed by atoms with E-state index in [0.29, 0.717) is 11.8 Å². The van der Waals surface area contributed by atoms with E-state index in [4.69, 9.17) is 19.8 Å². The van der Waals surface area contributed by atoms with Gasteiger partial charge in [0.2, 0.25) is 5.95 Å². The van der Waals surface area contributed by atoms with Gasteiger partial charge < -0.3 is 10.1 Å². The van der Waals surface area contributed by atoms with Gasteiger partial charge >= 0.3 is 0 Å². The van der Waals surface area contributed by atoms with Crippen molar-refractivity contribution in [3.63, 3.8) is 0 Å². The molecular weight excluding hydrogens is 366 g/mol. The number of anilines is 1. The summed E-state index contributed by atoms with van der Waals surface area (Å²) in [6.45, 7) is 5.55. The SMILES string of the molecule is c1ccc2c(c1)nc(NCCCN1CCOCC1)n1nc(-c3ccncc3)nc21. The Hall–Kier alpha value is -3.10. The average molecular weight is 389 g/mol. The van der Waals surface area contributed by atoms with Crippen molar-refractivity contribution in [3.05, 3.63) is 48.8 Å². The fraction of sp³-hybridized carbons (Fsp3) is 0.333. The lowest BCUT2D eigenvalue weighted by Crippen LogP contribution is -2.37. The lowest BCUT2D eigenvalue weighted by molar-refractivity contribution is 0.0378. The van der Waals surface area contributed by atoms with Crippen molar-refractivity contribution in [1.29, 1.82) is 0 Å². The molecule has 3 aromatic heterocycles. The van der Waals surface area contributed by atoms with Crippen LogP contribution >= 0.6 is 0 Å². The Kier molecular flexibility index (Phi) is 5.02. The first kappa shape index (κ1) is 18.0. The van der Waals surface area contributed by atoms with Crippen molar-refractivity contribution in [3.8, 4) is 11.4 Å². The molecule has 5 rings (SSSR count). The Morgan fingerprint density at radius 1 is 1.00 bits per heavy atom. The van der Waals surface area contributed by atoms with Gasteiger partial charge in [0.1, 0.15) is 0 Å². The monoisotopic (exact) mass is 389 g/mol. The topological polar surface area (TPSA) is 80.5 Å². The summed E-state index contributed by atoms with van der Waals surface area (Å²) < 4.78 is 7.23. The van der Waals surface area contributed by atoms with Gasteiger partial charge in [-0.15, -0.1) is 5.10 Å². The third kappa shape index (κ3) is 3.76. The van der Waals surface area contributed by atoms with Crippen molar-refractivity contribution in [2.75, 3.05) is 44.7 Å². The van der Waals surface area contributed by atoms with E-state index in [1.54, 1.807) is 12.4 Å². The Bertz CT molecular complexity index is 1110. The summed E-state index contributed by atoms with van der Waals surface area (Å²) in [7, 11) is 0. The minimum Gasteiger partial charge on any atom is -0.379 e. The number of pyridine rings is 1. The Labute approximate surface area is 168 Å². The lowest BCUT2D eigenvalue weighted by atomic mass is 10.2. The summed E-state index contributed by atoms with van der Waals surface area (Å²) in [5, 5.41) is 9.18. The fourth-order valence-electron chi connectivity index (χ4n) is 3.62. The molecule has 29 heavy (non-hydrogen) atoms. The summed E-state index contributed by atoms with van der Waals surface area (Å²) in [6.07, 6.45) is 4.53. The van der Waals surface area contributed by atoms with Crippen molar-refractivity contribution >= 4 is 22.5 Å². The predicted octanol–water partition coefficient (Wildman–Crippen LogP) is 2.47. The molecule has 1 aromatic carbocycles. The van der Waals surface area contributed by atoms with Crippen LogP contribution in [-0.4, -0.2) is 68.9 Å². The highest BCUT2D eigenvalue weighted by atomic mass is 16.5. The second-order valence-corrected chi connectivity index (χ2v) is 7.09.